The van der Waals surface area contributed by atoms with E-state index in [1.54, 1.807) is 18.2 Å². The summed E-state index contributed by atoms with van der Waals surface area (Å²) in [5.74, 6) is -0.284. The smallest absolute Gasteiger partial charge is 0.387 e. The van der Waals surface area contributed by atoms with Gasteiger partial charge in [0.1, 0.15) is 0 Å². The minimum atomic E-state index is -2.94. The highest BCUT2D eigenvalue weighted by atomic mass is 35.5. The number of amides is 1. The van der Waals surface area contributed by atoms with E-state index in [4.69, 9.17) is 16.3 Å². The topological polar surface area (TPSA) is 47.6 Å². The summed E-state index contributed by atoms with van der Waals surface area (Å²) >= 11 is 6.01. The number of halogens is 3. The molecule has 0 spiro atoms. The first-order chi connectivity index (χ1) is 11.9. The van der Waals surface area contributed by atoms with Crippen molar-refractivity contribution in [1.29, 1.82) is 0 Å². The maximum absolute atomic E-state index is 12.3. The van der Waals surface area contributed by atoms with Gasteiger partial charge in [0.2, 0.25) is 5.91 Å². The van der Waals surface area contributed by atoms with Gasteiger partial charge in [-0.15, -0.1) is 0 Å². The zero-order chi connectivity index (χ0) is 18.4. The molecule has 0 aliphatic heterocycles. The van der Waals surface area contributed by atoms with E-state index >= 15 is 0 Å². The molecule has 2 aromatic rings. The van der Waals surface area contributed by atoms with Crippen molar-refractivity contribution in [3.63, 3.8) is 0 Å². The molecule has 0 aliphatic rings. The molecule has 7 heteroatoms. The lowest BCUT2D eigenvalue weighted by molar-refractivity contribution is -0.111. The normalized spacial score (nSPS) is 11.0. The van der Waals surface area contributed by atoms with Crippen LogP contribution in [0, 0.1) is 6.92 Å². The molecule has 0 heterocycles. The lowest BCUT2D eigenvalue weighted by Gasteiger charge is -2.10. The maximum Gasteiger partial charge on any atom is 0.387 e. The van der Waals surface area contributed by atoms with E-state index in [1.165, 1.54) is 37.5 Å². The Bertz CT molecular complexity index is 794. The zero-order valence-corrected chi connectivity index (χ0v) is 14.3. The molecular formula is C18H16ClF2NO3. The minimum absolute atomic E-state index is 0.0756. The third kappa shape index (κ3) is 5.46. The third-order valence-electron chi connectivity index (χ3n) is 3.27. The fourth-order valence-electron chi connectivity index (χ4n) is 2.01. The summed E-state index contributed by atoms with van der Waals surface area (Å²) in [6.07, 6.45) is 2.84. The van der Waals surface area contributed by atoms with Crippen LogP contribution in [0.5, 0.6) is 11.5 Å². The van der Waals surface area contributed by atoms with E-state index in [1.807, 2.05) is 6.92 Å². The van der Waals surface area contributed by atoms with Gasteiger partial charge in [0.25, 0.3) is 0 Å². The molecule has 0 aromatic heterocycles. The number of anilines is 1. The molecule has 0 aliphatic carbocycles. The molecule has 0 fully saturated rings. The van der Waals surface area contributed by atoms with Crippen LogP contribution in [0.25, 0.3) is 6.08 Å². The van der Waals surface area contributed by atoms with E-state index in [9.17, 15) is 13.6 Å². The number of nitrogens with one attached hydrogen (secondary N) is 1. The number of ether oxygens (including phenoxy) is 2. The van der Waals surface area contributed by atoms with E-state index in [0.717, 1.165) is 5.56 Å². The summed E-state index contributed by atoms with van der Waals surface area (Å²) < 4.78 is 33.9. The summed E-state index contributed by atoms with van der Waals surface area (Å²) in [4.78, 5) is 12.0. The average molecular weight is 368 g/mol. The zero-order valence-electron chi connectivity index (χ0n) is 13.6. The fraction of sp³-hybridized carbons (Fsp3) is 0.167. The Kier molecular flexibility index (Phi) is 6.36. The Morgan fingerprint density at radius 2 is 1.96 bits per heavy atom. The summed E-state index contributed by atoms with van der Waals surface area (Å²) in [7, 11) is 1.34. The molecule has 4 nitrogen and oxygen atoms in total. The first kappa shape index (κ1) is 18.7. The van der Waals surface area contributed by atoms with Crippen LogP contribution in [0.2, 0.25) is 5.02 Å². The molecule has 0 saturated heterocycles. The number of hydrogen-bond acceptors (Lipinski definition) is 3. The lowest BCUT2D eigenvalue weighted by Crippen LogP contribution is -2.07. The highest BCUT2D eigenvalue weighted by Crippen LogP contribution is 2.29. The number of alkyl halides is 2. The van der Waals surface area contributed by atoms with Crippen LogP contribution in [-0.2, 0) is 4.79 Å². The molecule has 0 unspecified atom stereocenters. The maximum atomic E-state index is 12.3. The van der Waals surface area contributed by atoms with Gasteiger partial charge in [-0.25, -0.2) is 0 Å². The van der Waals surface area contributed by atoms with Crippen LogP contribution < -0.4 is 14.8 Å². The number of aryl methyl sites for hydroxylation is 1. The van der Waals surface area contributed by atoms with E-state index in [0.29, 0.717) is 16.3 Å². The Hall–Kier alpha value is -2.60. The largest absolute Gasteiger partial charge is 0.493 e. The second-order valence-corrected chi connectivity index (χ2v) is 5.48. The molecule has 1 amide bonds. The van der Waals surface area contributed by atoms with Crippen molar-refractivity contribution in [3.05, 3.63) is 58.6 Å². The predicted molar refractivity (Wildman–Crippen MR) is 93.5 cm³/mol. The quantitative estimate of drug-likeness (QED) is 0.738. The highest BCUT2D eigenvalue weighted by Gasteiger charge is 2.10. The average Bonchev–Trinajstić information content (AvgIpc) is 2.57. The molecule has 0 saturated carbocycles. The van der Waals surface area contributed by atoms with Gasteiger partial charge in [-0.1, -0.05) is 23.7 Å². The molecule has 0 radical (unpaired) electrons. The number of methoxy groups -OCH3 is 1. The Morgan fingerprint density at radius 3 is 2.60 bits per heavy atom. The van der Waals surface area contributed by atoms with Crippen molar-refractivity contribution in [1.82, 2.24) is 0 Å². The predicted octanol–water partition coefficient (Wildman–Crippen LogP) is 4.91. The van der Waals surface area contributed by atoms with Gasteiger partial charge in [-0.05, 0) is 48.4 Å². The molecule has 25 heavy (non-hydrogen) atoms. The van der Waals surface area contributed by atoms with Crippen molar-refractivity contribution in [3.8, 4) is 11.5 Å². The Morgan fingerprint density at radius 1 is 1.20 bits per heavy atom. The molecule has 0 bridgehead atoms. The number of carbonyl (C=O) groups excluding carboxylic acids is 1. The molecule has 1 N–H and O–H groups in total. The van der Waals surface area contributed by atoms with Gasteiger partial charge in [0.05, 0.1) is 7.11 Å². The van der Waals surface area contributed by atoms with Crippen molar-refractivity contribution in [2.75, 3.05) is 12.4 Å². The number of hydrogen-bond donors (Lipinski definition) is 1. The van der Waals surface area contributed by atoms with Crippen molar-refractivity contribution < 1.29 is 23.0 Å². The molecule has 2 rings (SSSR count). The van der Waals surface area contributed by atoms with Crippen molar-refractivity contribution >= 4 is 29.3 Å². The van der Waals surface area contributed by atoms with Crippen LogP contribution in [-0.4, -0.2) is 19.6 Å². The van der Waals surface area contributed by atoms with Gasteiger partial charge < -0.3 is 14.8 Å². The lowest BCUT2D eigenvalue weighted by atomic mass is 10.2. The number of rotatable bonds is 6. The van der Waals surface area contributed by atoms with Gasteiger partial charge in [-0.2, -0.15) is 8.78 Å². The number of carbonyl (C=O) groups is 1. The standard InChI is InChI=1S/C18H16ClF2NO3/c1-11-3-6-13(10-14(11)19)22-17(23)8-5-12-4-7-15(25-18(20)21)16(9-12)24-2/h3-10,18H,1-2H3,(H,22,23). The second kappa shape index (κ2) is 8.48. The second-order valence-electron chi connectivity index (χ2n) is 5.08. The Labute approximate surface area is 149 Å². The fourth-order valence-corrected chi connectivity index (χ4v) is 2.19. The van der Waals surface area contributed by atoms with Crippen LogP contribution >= 0.6 is 11.6 Å². The molecule has 132 valence electrons. The monoisotopic (exact) mass is 367 g/mol. The van der Waals surface area contributed by atoms with Gasteiger partial charge in [-0.3, -0.25) is 4.79 Å². The molecule has 2 aromatic carbocycles. The van der Waals surface area contributed by atoms with Crippen LogP contribution in [0.15, 0.2) is 42.5 Å². The van der Waals surface area contributed by atoms with Crippen LogP contribution in [0.1, 0.15) is 11.1 Å². The van der Waals surface area contributed by atoms with Gasteiger partial charge >= 0.3 is 6.61 Å². The van der Waals surface area contributed by atoms with Crippen LogP contribution in [0.3, 0.4) is 0 Å². The molecule has 0 atom stereocenters. The summed E-state index contributed by atoms with van der Waals surface area (Å²) in [5, 5.41) is 3.24. The SMILES string of the molecule is COc1cc(C=CC(=O)Nc2ccc(C)c(Cl)c2)ccc1OC(F)F. The first-order valence-electron chi connectivity index (χ1n) is 7.27. The molecular weight excluding hydrogens is 352 g/mol. The third-order valence-corrected chi connectivity index (χ3v) is 3.68. The highest BCUT2D eigenvalue weighted by molar-refractivity contribution is 6.31. The minimum Gasteiger partial charge on any atom is -0.493 e. The van der Waals surface area contributed by atoms with Gasteiger partial charge in [0, 0.05) is 16.8 Å². The first-order valence-corrected chi connectivity index (χ1v) is 7.65. The summed E-state index contributed by atoms with van der Waals surface area (Å²) in [5.41, 5.74) is 2.08. The van der Waals surface area contributed by atoms with Gasteiger partial charge in [0.15, 0.2) is 11.5 Å². The Balaban J connectivity index is 2.07. The summed E-state index contributed by atoms with van der Waals surface area (Å²) in [6, 6.07) is 9.57. The van der Waals surface area contributed by atoms with E-state index in [-0.39, 0.29) is 17.4 Å². The van der Waals surface area contributed by atoms with E-state index < -0.39 is 6.61 Å². The summed E-state index contributed by atoms with van der Waals surface area (Å²) in [6.45, 7) is -1.08. The van der Waals surface area contributed by atoms with Crippen LogP contribution in [0.4, 0.5) is 14.5 Å². The number of benzene rings is 2. The van der Waals surface area contributed by atoms with Crippen molar-refractivity contribution in [2.24, 2.45) is 0 Å². The van der Waals surface area contributed by atoms with Crippen molar-refractivity contribution in [2.45, 2.75) is 13.5 Å². The van der Waals surface area contributed by atoms with E-state index in [2.05, 4.69) is 10.1 Å².